The first-order valence-corrected chi connectivity index (χ1v) is 11.8. The first-order valence-electron chi connectivity index (χ1n) is 11.0. The number of thiophene rings is 1. The molecule has 2 aromatic heterocycles. The van der Waals surface area contributed by atoms with Gasteiger partial charge in [-0.15, -0.1) is 16.8 Å². The Morgan fingerprint density at radius 2 is 1.66 bits per heavy atom. The minimum atomic E-state index is 0.696. The Bertz CT molecular complexity index is 1430. The Hall–Kier alpha value is -3.31. The summed E-state index contributed by atoms with van der Waals surface area (Å²) in [4.78, 5) is 16.1. The number of fused-ring (bicyclic) bond motifs is 3. The van der Waals surface area contributed by atoms with Crippen LogP contribution in [0.1, 0.15) is 35.5 Å². The van der Waals surface area contributed by atoms with Gasteiger partial charge in [-0.3, -0.25) is 0 Å². The van der Waals surface area contributed by atoms with E-state index >= 15 is 0 Å². The van der Waals surface area contributed by atoms with E-state index in [1.807, 2.05) is 41.7 Å². The van der Waals surface area contributed by atoms with Gasteiger partial charge in [-0.25, -0.2) is 15.0 Å². The third-order valence-corrected chi connectivity index (χ3v) is 7.19. The molecule has 0 saturated heterocycles. The Labute approximate surface area is 192 Å². The van der Waals surface area contributed by atoms with Crippen LogP contribution < -0.4 is 0 Å². The summed E-state index contributed by atoms with van der Waals surface area (Å²) in [6.45, 7) is 0. The smallest absolute Gasteiger partial charge is 0.164 e. The van der Waals surface area contributed by atoms with Gasteiger partial charge in [-0.05, 0) is 37.3 Å². The molecule has 2 aromatic carbocycles. The van der Waals surface area contributed by atoms with Crippen LogP contribution in [0.5, 0.6) is 0 Å². The molecule has 6 rings (SSSR count). The van der Waals surface area contributed by atoms with Crippen molar-refractivity contribution in [2.75, 3.05) is 0 Å². The topological polar surface area (TPSA) is 38.7 Å². The Morgan fingerprint density at radius 3 is 2.50 bits per heavy atom. The first kappa shape index (κ1) is 19.4. The number of nitrogens with zero attached hydrogens (tertiary/aromatic N) is 3. The molecule has 2 aliphatic carbocycles. The van der Waals surface area contributed by atoms with Crippen LogP contribution in [-0.2, 0) is 6.42 Å². The molecule has 0 unspecified atom stereocenters. The van der Waals surface area contributed by atoms with Crippen molar-refractivity contribution in [1.82, 2.24) is 15.0 Å². The van der Waals surface area contributed by atoms with E-state index in [0.717, 1.165) is 53.7 Å². The van der Waals surface area contributed by atoms with Crippen LogP contribution in [0.4, 0.5) is 0 Å². The molecule has 0 fully saturated rings. The second kappa shape index (κ2) is 7.99. The second-order valence-electron chi connectivity index (χ2n) is 8.15. The van der Waals surface area contributed by atoms with Gasteiger partial charge >= 0.3 is 0 Å². The molecular weight excluding hydrogens is 409 g/mol. The van der Waals surface area contributed by atoms with E-state index in [-0.39, 0.29) is 0 Å². The monoisotopic (exact) mass is 429 g/mol. The van der Waals surface area contributed by atoms with Crippen LogP contribution in [0.25, 0.3) is 44.5 Å². The zero-order valence-corrected chi connectivity index (χ0v) is 18.4. The fourth-order valence-electron chi connectivity index (χ4n) is 4.38. The number of aromatic nitrogens is 3. The van der Waals surface area contributed by atoms with Gasteiger partial charge in [0, 0.05) is 31.7 Å². The minimum absolute atomic E-state index is 0.696. The van der Waals surface area contributed by atoms with Gasteiger partial charge in [0.2, 0.25) is 0 Å². The Morgan fingerprint density at radius 1 is 0.812 bits per heavy atom. The summed E-state index contributed by atoms with van der Waals surface area (Å²) in [6.07, 6.45) is 12.6. The summed E-state index contributed by atoms with van der Waals surface area (Å²) in [5, 5.41) is 1.19. The zero-order valence-electron chi connectivity index (χ0n) is 17.6. The molecule has 0 bridgehead atoms. The van der Waals surface area contributed by atoms with Crippen molar-refractivity contribution < 1.29 is 0 Å². The van der Waals surface area contributed by atoms with Crippen molar-refractivity contribution in [2.45, 2.75) is 25.7 Å². The summed E-state index contributed by atoms with van der Waals surface area (Å²) in [6, 6.07) is 16.5. The van der Waals surface area contributed by atoms with E-state index in [2.05, 4.69) is 42.5 Å². The maximum atomic E-state index is 6.22. The average Bonchev–Trinajstić information content (AvgIpc) is 3.23. The Kier molecular flexibility index (Phi) is 4.84. The normalized spacial score (nSPS) is 15.4. The lowest BCUT2D eigenvalue weighted by atomic mass is 9.84. The van der Waals surface area contributed by atoms with Crippen LogP contribution in [0, 0.1) is 0 Å². The van der Waals surface area contributed by atoms with Crippen molar-refractivity contribution in [3.05, 3.63) is 88.5 Å². The molecule has 0 aliphatic heterocycles. The molecule has 2 aliphatic rings. The number of rotatable bonds is 3. The van der Waals surface area contributed by atoms with Gasteiger partial charge < -0.3 is 0 Å². The molecule has 4 aromatic rings. The highest BCUT2D eigenvalue weighted by atomic mass is 32.1. The largest absolute Gasteiger partial charge is 0.208 e. The summed E-state index contributed by atoms with van der Waals surface area (Å²) in [7, 11) is 6.22. The van der Waals surface area contributed by atoms with E-state index in [9.17, 15) is 0 Å². The van der Waals surface area contributed by atoms with E-state index in [0.29, 0.717) is 11.6 Å². The highest BCUT2D eigenvalue weighted by molar-refractivity contribution is 7.19. The number of aryl methyl sites for hydroxylation is 1. The van der Waals surface area contributed by atoms with Gasteiger partial charge in [0.1, 0.15) is 7.85 Å². The third-order valence-electron chi connectivity index (χ3n) is 5.96. The summed E-state index contributed by atoms with van der Waals surface area (Å²) < 4.78 is 1.25. The molecular formula is C27H20BN3S. The van der Waals surface area contributed by atoms with Crippen molar-refractivity contribution >= 4 is 40.9 Å². The van der Waals surface area contributed by atoms with Crippen LogP contribution in [0.2, 0.25) is 0 Å². The minimum Gasteiger partial charge on any atom is -0.208 e. The molecule has 0 spiro atoms. The standard InChI is InChI=1S/C27H20BN3S/c28-19-14-15-22-21(16-19)24-20(12-7-13-23(24)32-22)27-30-25(17-8-3-1-4-9-17)29-26(31-27)18-10-5-2-6-11-18/h1,3-5,7-13,16H,2,6,14-15H2. The predicted octanol–water partition coefficient (Wildman–Crippen LogP) is 6.61. The van der Waals surface area contributed by atoms with E-state index in [4.69, 9.17) is 22.8 Å². The van der Waals surface area contributed by atoms with E-state index in [1.54, 1.807) is 0 Å². The third kappa shape index (κ3) is 3.43. The van der Waals surface area contributed by atoms with Crippen molar-refractivity contribution in [3.63, 3.8) is 0 Å². The second-order valence-corrected chi connectivity index (χ2v) is 9.29. The van der Waals surface area contributed by atoms with Crippen LogP contribution in [0.3, 0.4) is 0 Å². The lowest BCUT2D eigenvalue weighted by Crippen LogP contribution is -2.03. The lowest BCUT2D eigenvalue weighted by molar-refractivity contribution is 0.997. The summed E-state index contributed by atoms with van der Waals surface area (Å²) >= 11 is 1.85. The SMILES string of the molecule is [B]C1=Cc2c(sc3cccc(-c4nc(C5=CCCC=C5)nc(-c5ccccc5)n4)c23)CC1. The van der Waals surface area contributed by atoms with Crippen molar-refractivity contribution in [3.8, 4) is 22.8 Å². The Balaban J connectivity index is 1.61. The van der Waals surface area contributed by atoms with Crippen molar-refractivity contribution in [1.29, 1.82) is 0 Å². The molecule has 5 heteroatoms. The number of hydrogen-bond donors (Lipinski definition) is 0. The molecule has 0 atom stereocenters. The molecule has 0 saturated carbocycles. The molecule has 0 N–H and O–H groups in total. The van der Waals surface area contributed by atoms with Gasteiger partial charge in [0.25, 0.3) is 0 Å². The van der Waals surface area contributed by atoms with Crippen LogP contribution in [-0.4, -0.2) is 22.8 Å². The maximum absolute atomic E-state index is 6.22. The van der Waals surface area contributed by atoms with Gasteiger partial charge in [-0.1, -0.05) is 66.8 Å². The molecule has 3 nitrogen and oxygen atoms in total. The predicted molar refractivity (Wildman–Crippen MR) is 134 cm³/mol. The van der Waals surface area contributed by atoms with Gasteiger partial charge in [0.05, 0.1) is 0 Å². The van der Waals surface area contributed by atoms with Crippen LogP contribution >= 0.6 is 11.3 Å². The zero-order chi connectivity index (χ0) is 21.5. The maximum Gasteiger partial charge on any atom is 0.164 e. The average molecular weight is 429 g/mol. The summed E-state index contributed by atoms with van der Waals surface area (Å²) in [5.74, 6) is 2.13. The number of benzene rings is 2. The van der Waals surface area contributed by atoms with Gasteiger partial charge in [-0.2, -0.15) is 0 Å². The summed E-state index contributed by atoms with van der Waals surface area (Å²) in [5.41, 5.74) is 5.24. The molecule has 2 heterocycles. The number of hydrogen-bond acceptors (Lipinski definition) is 4. The van der Waals surface area contributed by atoms with Crippen molar-refractivity contribution in [2.24, 2.45) is 0 Å². The number of allylic oxidation sites excluding steroid dienone is 5. The van der Waals surface area contributed by atoms with E-state index in [1.165, 1.54) is 20.5 Å². The molecule has 32 heavy (non-hydrogen) atoms. The molecule has 2 radical (unpaired) electrons. The first-order chi connectivity index (χ1) is 15.8. The molecule has 152 valence electrons. The highest BCUT2D eigenvalue weighted by Gasteiger charge is 2.20. The lowest BCUT2D eigenvalue weighted by Gasteiger charge is -2.13. The quantitative estimate of drug-likeness (QED) is 0.344. The van der Waals surface area contributed by atoms with Crippen LogP contribution in [0.15, 0.2) is 72.2 Å². The van der Waals surface area contributed by atoms with E-state index < -0.39 is 0 Å². The fourth-order valence-corrected chi connectivity index (χ4v) is 5.59. The fraction of sp³-hybridized carbons (Fsp3) is 0.148. The highest BCUT2D eigenvalue weighted by Crippen LogP contribution is 2.41. The molecule has 0 amide bonds. The van der Waals surface area contributed by atoms with Gasteiger partial charge in [0.15, 0.2) is 17.5 Å².